The summed E-state index contributed by atoms with van der Waals surface area (Å²) in [5.74, 6) is 0.140. The molecule has 0 aliphatic rings. The number of nitrogens with zero attached hydrogens (tertiary/aromatic N) is 1. The Morgan fingerprint density at radius 1 is 1.29 bits per heavy atom. The Hall–Kier alpha value is -0.770. The van der Waals surface area contributed by atoms with Crippen LogP contribution in [0.25, 0.3) is 0 Å². The molecule has 0 aliphatic carbocycles. The number of phenols is 1. The van der Waals surface area contributed by atoms with Crippen molar-refractivity contribution in [3.05, 3.63) is 28.8 Å². The van der Waals surface area contributed by atoms with Gasteiger partial charge in [-0.05, 0) is 57.7 Å². The third kappa shape index (κ3) is 5.91. The van der Waals surface area contributed by atoms with Gasteiger partial charge < -0.3 is 15.3 Å². The Morgan fingerprint density at radius 3 is 2.71 bits per heavy atom. The van der Waals surface area contributed by atoms with Gasteiger partial charge in [0.1, 0.15) is 5.75 Å². The van der Waals surface area contributed by atoms with E-state index < -0.39 is 0 Å². The summed E-state index contributed by atoms with van der Waals surface area (Å²) < 4.78 is 0. The lowest BCUT2D eigenvalue weighted by atomic mass is 10.2. The topological polar surface area (TPSA) is 35.5 Å². The first-order valence-electron chi connectivity index (χ1n) is 5.92. The first-order valence-corrected chi connectivity index (χ1v) is 6.30. The van der Waals surface area contributed by atoms with Crippen LogP contribution in [0.2, 0.25) is 5.02 Å². The Kier molecular flexibility index (Phi) is 6.34. The van der Waals surface area contributed by atoms with Crippen LogP contribution < -0.4 is 5.32 Å². The molecule has 0 unspecified atom stereocenters. The number of hydrogen-bond donors (Lipinski definition) is 2. The third-order valence-corrected chi connectivity index (χ3v) is 2.85. The molecule has 3 nitrogen and oxygen atoms in total. The molecule has 0 radical (unpaired) electrons. The van der Waals surface area contributed by atoms with Crippen LogP contribution in [-0.2, 0) is 6.54 Å². The summed E-state index contributed by atoms with van der Waals surface area (Å²) in [6.07, 6.45) is 2.38. The summed E-state index contributed by atoms with van der Waals surface area (Å²) in [6, 6.07) is 5.31. The molecule has 0 spiro atoms. The second-order valence-corrected chi connectivity index (χ2v) is 4.88. The van der Waals surface area contributed by atoms with Crippen molar-refractivity contribution in [2.45, 2.75) is 19.4 Å². The average Bonchev–Trinajstić information content (AvgIpc) is 2.27. The standard InChI is InChI=1S/C13H21ClN2O/c1-16(2)8-4-3-7-15-10-11-5-6-13(17)12(14)9-11/h5-6,9,15,17H,3-4,7-8,10H2,1-2H3. The SMILES string of the molecule is CN(C)CCCCNCc1ccc(O)c(Cl)c1. The molecular weight excluding hydrogens is 236 g/mol. The number of benzene rings is 1. The largest absolute Gasteiger partial charge is 0.506 e. The van der Waals surface area contributed by atoms with Crippen LogP contribution in [0.5, 0.6) is 5.75 Å². The maximum absolute atomic E-state index is 9.28. The monoisotopic (exact) mass is 256 g/mol. The smallest absolute Gasteiger partial charge is 0.134 e. The van der Waals surface area contributed by atoms with E-state index in [0.717, 1.165) is 25.2 Å². The van der Waals surface area contributed by atoms with E-state index in [-0.39, 0.29) is 5.75 Å². The van der Waals surface area contributed by atoms with Crippen LogP contribution in [0.3, 0.4) is 0 Å². The molecule has 4 heteroatoms. The maximum Gasteiger partial charge on any atom is 0.134 e. The number of unbranched alkanes of at least 4 members (excludes halogenated alkanes) is 1. The van der Waals surface area contributed by atoms with Crippen LogP contribution in [0.1, 0.15) is 18.4 Å². The highest BCUT2D eigenvalue weighted by molar-refractivity contribution is 6.32. The first-order chi connectivity index (χ1) is 8.09. The number of rotatable bonds is 7. The number of halogens is 1. The number of phenolic OH excluding ortho intramolecular Hbond substituents is 1. The molecule has 17 heavy (non-hydrogen) atoms. The van der Waals surface area contributed by atoms with Gasteiger partial charge in [-0.1, -0.05) is 17.7 Å². The molecule has 0 aromatic heterocycles. The van der Waals surface area contributed by atoms with Gasteiger partial charge in [-0.3, -0.25) is 0 Å². The second kappa shape index (κ2) is 7.54. The molecule has 0 saturated carbocycles. The van der Waals surface area contributed by atoms with Crippen molar-refractivity contribution < 1.29 is 5.11 Å². The van der Waals surface area contributed by atoms with Crippen molar-refractivity contribution in [2.75, 3.05) is 27.2 Å². The zero-order valence-corrected chi connectivity index (χ0v) is 11.3. The van der Waals surface area contributed by atoms with E-state index in [2.05, 4.69) is 24.3 Å². The van der Waals surface area contributed by atoms with Crippen LogP contribution >= 0.6 is 11.6 Å². The van der Waals surface area contributed by atoms with Gasteiger partial charge in [0.2, 0.25) is 0 Å². The molecule has 1 aromatic rings. The average molecular weight is 257 g/mol. The number of aromatic hydroxyl groups is 1. The summed E-state index contributed by atoms with van der Waals surface area (Å²) in [6.45, 7) is 2.93. The van der Waals surface area contributed by atoms with E-state index in [9.17, 15) is 5.11 Å². The molecule has 1 aromatic carbocycles. The third-order valence-electron chi connectivity index (χ3n) is 2.55. The fraction of sp³-hybridized carbons (Fsp3) is 0.538. The van der Waals surface area contributed by atoms with Gasteiger partial charge in [0.05, 0.1) is 5.02 Å². The fourth-order valence-corrected chi connectivity index (χ4v) is 1.77. The normalized spacial score (nSPS) is 11.1. The Bertz CT molecular complexity index is 342. The number of nitrogens with one attached hydrogen (secondary N) is 1. The molecule has 0 atom stereocenters. The second-order valence-electron chi connectivity index (χ2n) is 4.47. The minimum atomic E-state index is 0.140. The van der Waals surface area contributed by atoms with Crippen LogP contribution in [0, 0.1) is 0 Å². The van der Waals surface area contributed by atoms with E-state index in [1.54, 1.807) is 12.1 Å². The van der Waals surface area contributed by atoms with Gasteiger partial charge in [-0.15, -0.1) is 0 Å². The van der Waals surface area contributed by atoms with Gasteiger partial charge in [-0.25, -0.2) is 0 Å². The van der Waals surface area contributed by atoms with E-state index >= 15 is 0 Å². The van der Waals surface area contributed by atoms with Gasteiger partial charge >= 0.3 is 0 Å². The predicted molar refractivity (Wildman–Crippen MR) is 72.6 cm³/mol. The highest BCUT2D eigenvalue weighted by Crippen LogP contribution is 2.23. The quantitative estimate of drug-likeness (QED) is 0.736. The molecule has 0 bridgehead atoms. The van der Waals surface area contributed by atoms with E-state index in [4.69, 9.17) is 11.6 Å². The van der Waals surface area contributed by atoms with Gasteiger partial charge in [0.25, 0.3) is 0 Å². The van der Waals surface area contributed by atoms with Crippen molar-refractivity contribution in [2.24, 2.45) is 0 Å². The maximum atomic E-state index is 9.28. The van der Waals surface area contributed by atoms with Crippen molar-refractivity contribution in [1.29, 1.82) is 0 Å². The molecule has 0 aliphatic heterocycles. The van der Waals surface area contributed by atoms with E-state index in [1.807, 2.05) is 6.07 Å². The molecule has 0 fully saturated rings. The van der Waals surface area contributed by atoms with Crippen LogP contribution in [0.15, 0.2) is 18.2 Å². The highest BCUT2D eigenvalue weighted by atomic mass is 35.5. The molecular formula is C13H21ClN2O. The summed E-state index contributed by atoms with van der Waals surface area (Å²) in [7, 11) is 4.18. The lowest BCUT2D eigenvalue weighted by molar-refractivity contribution is 0.391. The van der Waals surface area contributed by atoms with Crippen LogP contribution in [-0.4, -0.2) is 37.2 Å². The van der Waals surface area contributed by atoms with Gasteiger partial charge in [-0.2, -0.15) is 0 Å². The summed E-state index contributed by atoms with van der Waals surface area (Å²) >= 11 is 5.83. The molecule has 0 amide bonds. The molecule has 0 saturated heterocycles. The lowest BCUT2D eigenvalue weighted by Gasteiger charge is -2.09. The molecule has 1 rings (SSSR count). The Morgan fingerprint density at radius 2 is 2.06 bits per heavy atom. The summed E-state index contributed by atoms with van der Waals surface area (Å²) in [5, 5.41) is 13.1. The van der Waals surface area contributed by atoms with Gasteiger partial charge in [0, 0.05) is 6.54 Å². The van der Waals surface area contributed by atoms with Crippen molar-refractivity contribution >= 4 is 11.6 Å². The van der Waals surface area contributed by atoms with E-state index in [1.165, 1.54) is 12.8 Å². The lowest BCUT2D eigenvalue weighted by Crippen LogP contribution is -2.18. The minimum absolute atomic E-state index is 0.140. The zero-order chi connectivity index (χ0) is 12.7. The van der Waals surface area contributed by atoms with Crippen LogP contribution in [0.4, 0.5) is 0 Å². The van der Waals surface area contributed by atoms with Crippen molar-refractivity contribution in [3.8, 4) is 5.75 Å². The molecule has 2 N–H and O–H groups in total. The van der Waals surface area contributed by atoms with Crippen molar-refractivity contribution in [1.82, 2.24) is 10.2 Å². The zero-order valence-electron chi connectivity index (χ0n) is 10.5. The molecule has 96 valence electrons. The Labute approximate surface area is 108 Å². The first kappa shape index (κ1) is 14.3. The molecule has 0 heterocycles. The Balaban J connectivity index is 2.16. The summed E-state index contributed by atoms with van der Waals surface area (Å²) in [4.78, 5) is 2.19. The minimum Gasteiger partial charge on any atom is -0.506 e. The number of hydrogen-bond acceptors (Lipinski definition) is 3. The summed E-state index contributed by atoms with van der Waals surface area (Å²) in [5.41, 5.74) is 1.10. The predicted octanol–water partition coefficient (Wildman–Crippen LogP) is 2.48. The van der Waals surface area contributed by atoms with E-state index in [0.29, 0.717) is 5.02 Å². The van der Waals surface area contributed by atoms with Gasteiger partial charge in [0.15, 0.2) is 0 Å². The fourth-order valence-electron chi connectivity index (χ4n) is 1.57. The highest BCUT2D eigenvalue weighted by Gasteiger charge is 1.99. The van der Waals surface area contributed by atoms with Crippen molar-refractivity contribution in [3.63, 3.8) is 0 Å².